The van der Waals surface area contributed by atoms with Gasteiger partial charge in [0.2, 0.25) is 0 Å². The lowest BCUT2D eigenvalue weighted by Gasteiger charge is -2.17. The molecule has 2 heterocycles. The number of ether oxygens (including phenoxy) is 1. The number of benzene rings is 1. The van der Waals surface area contributed by atoms with Crippen LogP contribution >= 0.6 is 0 Å². The second-order valence-electron chi connectivity index (χ2n) is 6.65. The fourth-order valence-corrected chi connectivity index (χ4v) is 3.04. The second kappa shape index (κ2) is 6.48. The molecular formula is C19H18FN3O3. The van der Waals surface area contributed by atoms with E-state index in [4.69, 9.17) is 4.74 Å². The van der Waals surface area contributed by atoms with Crippen molar-refractivity contribution in [3.8, 4) is 5.75 Å². The minimum absolute atomic E-state index is 0.0436. The van der Waals surface area contributed by atoms with Gasteiger partial charge in [-0.3, -0.25) is 9.59 Å². The van der Waals surface area contributed by atoms with Crippen LogP contribution < -0.4 is 9.64 Å². The molecule has 6 nitrogen and oxygen atoms in total. The molecule has 1 atom stereocenters. The summed E-state index contributed by atoms with van der Waals surface area (Å²) in [6.07, 6.45) is 4.64. The number of anilines is 1. The van der Waals surface area contributed by atoms with E-state index in [9.17, 15) is 14.0 Å². The Balaban J connectivity index is 1.46. The van der Waals surface area contributed by atoms with E-state index >= 15 is 0 Å². The normalized spacial score (nSPS) is 19.7. The summed E-state index contributed by atoms with van der Waals surface area (Å²) >= 11 is 0. The van der Waals surface area contributed by atoms with Crippen molar-refractivity contribution in [3.05, 3.63) is 47.8 Å². The highest BCUT2D eigenvalue weighted by atomic mass is 19.1. The lowest BCUT2D eigenvalue weighted by molar-refractivity contribution is -0.122. The first kappa shape index (κ1) is 16.6. The van der Waals surface area contributed by atoms with Crippen LogP contribution in [0.25, 0.3) is 0 Å². The van der Waals surface area contributed by atoms with Gasteiger partial charge in [0.15, 0.2) is 11.9 Å². The van der Waals surface area contributed by atoms with Crippen molar-refractivity contribution >= 4 is 17.4 Å². The number of aromatic nitrogens is 2. The zero-order chi connectivity index (χ0) is 18.3. The number of amides is 1. The molecule has 0 N–H and O–H groups in total. The highest BCUT2D eigenvalue weighted by Crippen LogP contribution is 2.34. The molecular weight excluding hydrogens is 337 g/mol. The van der Waals surface area contributed by atoms with Crippen molar-refractivity contribution in [2.45, 2.75) is 32.3 Å². The molecule has 1 aliphatic carbocycles. The molecule has 1 aromatic heterocycles. The van der Waals surface area contributed by atoms with Crippen molar-refractivity contribution in [2.75, 3.05) is 11.4 Å². The average molecular weight is 355 g/mol. The monoisotopic (exact) mass is 355 g/mol. The third-order valence-electron chi connectivity index (χ3n) is 4.67. The Bertz CT molecular complexity index is 865. The minimum atomic E-state index is -0.694. The van der Waals surface area contributed by atoms with Crippen LogP contribution in [-0.2, 0) is 4.79 Å². The summed E-state index contributed by atoms with van der Waals surface area (Å²) in [5, 5.41) is 0. The predicted octanol–water partition coefficient (Wildman–Crippen LogP) is 2.70. The van der Waals surface area contributed by atoms with Crippen LogP contribution in [0.15, 0.2) is 30.6 Å². The van der Waals surface area contributed by atoms with E-state index in [0.29, 0.717) is 24.5 Å². The predicted molar refractivity (Wildman–Crippen MR) is 91.6 cm³/mol. The highest BCUT2D eigenvalue weighted by Gasteiger charge is 2.35. The summed E-state index contributed by atoms with van der Waals surface area (Å²) < 4.78 is 19.9. The number of halogens is 1. The average Bonchev–Trinajstić information content (AvgIpc) is 3.41. The Hall–Kier alpha value is -2.83. The molecule has 1 saturated heterocycles. The third-order valence-corrected chi connectivity index (χ3v) is 4.67. The molecule has 1 saturated carbocycles. The molecule has 1 amide bonds. The van der Waals surface area contributed by atoms with Crippen molar-refractivity contribution in [1.82, 2.24) is 9.97 Å². The Kier molecular flexibility index (Phi) is 4.14. The fraction of sp³-hybridized carbons (Fsp3) is 0.368. The fourth-order valence-electron chi connectivity index (χ4n) is 3.04. The van der Waals surface area contributed by atoms with E-state index in [1.807, 2.05) is 0 Å². The second-order valence-corrected chi connectivity index (χ2v) is 6.65. The summed E-state index contributed by atoms with van der Waals surface area (Å²) in [5.41, 5.74) is 0.708. The van der Waals surface area contributed by atoms with Crippen LogP contribution in [0, 0.1) is 18.7 Å². The van der Waals surface area contributed by atoms with Crippen molar-refractivity contribution in [1.29, 1.82) is 0 Å². The summed E-state index contributed by atoms with van der Waals surface area (Å²) in [7, 11) is 0. The van der Waals surface area contributed by atoms with Gasteiger partial charge in [0.1, 0.15) is 17.4 Å². The van der Waals surface area contributed by atoms with Gasteiger partial charge in [0.25, 0.3) is 5.91 Å². The first-order valence-corrected chi connectivity index (χ1v) is 8.63. The highest BCUT2D eigenvalue weighted by molar-refractivity contribution is 6.00. The van der Waals surface area contributed by atoms with E-state index in [0.717, 1.165) is 12.8 Å². The number of ketones is 1. The molecule has 7 heteroatoms. The molecule has 4 rings (SSSR count). The van der Waals surface area contributed by atoms with Crippen LogP contribution in [-0.4, -0.2) is 34.3 Å². The number of aryl methyl sites for hydroxylation is 1. The lowest BCUT2D eigenvalue weighted by atomic mass is 10.1. The smallest absolute Gasteiger partial charge is 0.268 e. The van der Waals surface area contributed by atoms with Crippen LogP contribution in [0.4, 0.5) is 10.1 Å². The third kappa shape index (κ3) is 3.16. The molecule has 0 bridgehead atoms. The van der Waals surface area contributed by atoms with E-state index in [1.165, 1.54) is 12.1 Å². The zero-order valence-electron chi connectivity index (χ0n) is 14.3. The number of hydrogen-bond acceptors (Lipinski definition) is 5. The Morgan fingerprint density at radius 2 is 1.96 bits per heavy atom. The Morgan fingerprint density at radius 1 is 1.23 bits per heavy atom. The Morgan fingerprint density at radius 3 is 2.62 bits per heavy atom. The van der Waals surface area contributed by atoms with E-state index in [-0.39, 0.29) is 28.9 Å². The van der Waals surface area contributed by atoms with Crippen LogP contribution in [0.1, 0.15) is 35.4 Å². The molecule has 1 aliphatic heterocycles. The topological polar surface area (TPSA) is 72.4 Å². The molecule has 26 heavy (non-hydrogen) atoms. The van der Waals surface area contributed by atoms with Crippen LogP contribution in [0.5, 0.6) is 5.75 Å². The maximum absolute atomic E-state index is 14.2. The van der Waals surface area contributed by atoms with Gasteiger partial charge in [-0.2, -0.15) is 0 Å². The number of carbonyl (C=O) groups is 2. The molecule has 134 valence electrons. The van der Waals surface area contributed by atoms with Crippen LogP contribution in [0.3, 0.4) is 0 Å². The van der Waals surface area contributed by atoms with Gasteiger partial charge in [0, 0.05) is 24.9 Å². The largest absolute Gasteiger partial charge is 0.480 e. The summed E-state index contributed by atoms with van der Waals surface area (Å²) in [5.74, 6) is -0.140. The lowest BCUT2D eigenvalue weighted by Crippen LogP contribution is -2.32. The molecule has 0 unspecified atom stereocenters. The van der Waals surface area contributed by atoms with Crippen molar-refractivity contribution < 1.29 is 18.7 Å². The maximum Gasteiger partial charge on any atom is 0.268 e. The summed E-state index contributed by atoms with van der Waals surface area (Å²) in [4.78, 5) is 34.3. The zero-order valence-corrected chi connectivity index (χ0v) is 14.3. The first-order chi connectivity index (χ1) is 12.5. The van der Waals surface area contributed by atoms with E-state index in [2.05, 4.69) is 9.97 Å². The minimum Gasteiger partial charge on any atom is -0.480 e. The van der Waals surface area contributed by atoms with Crippen molar-refractivity contribution in [3.63, 3.8) is 0 Å². The van der Waals surface area contributed by atoms with Gasteiger partial charge in [-0.05, 0) is 31.9 Å². The number of carbonyl (C=O) groups excluding carboxylic acids is 2. The molecule has 1 aromatic carbocycles. The van der Waals surface area contributed by atoms with E-state index < -0.39 is 11.9 Å². The standard InChI is InChI=1S/C19H18FN3O3/c1-11-21-9-13(10-22-11)23-7-6-17(19(23)25)26-14-4-5-15(16(20)8-14)18(24)12-2-3-12/h4-5,8-10,12,17H,2-3,6-7H2,1H3/t17-/m1/s1. The number of Topliss-reactive ketones (excluding diaryl/α,β-unsaturated/α-hetero) is 1. The van der Waals surface area contributed by atoms with Crippen LogP contribution in [0.2, 0.25) is 0 Å². The number of nitrogens with zero attached hydrogens (tertiary/aromatic N) is 3. The maximum atomic E-state index is 14.2. The number of rotatable bonds is 5. The first-order valence-electron chi connectivity index (χ1n) is 8.63. The number of hydrogen-bond donors (Lipinski definition) is 0. The molecule has 2 aliphatic rings. The van der Waals surface area contributed by atoms with Gasteiger partial charge in [0.05, 0.1) is 23.6 Å². The summed E-state index contributed by atoms with van der Waals surface area (Å²) in [6.45, 7) is 2.25. The van der Waals surface area contributed by atoms with Gasteiger partial charge in [-0.15, -0.1) is 0 Å². The van der Waals surface area contributed by atoms with E-state index in [1.54, 1.807) is 30.3 Å². The van der Waals surface area contributed by atoms with Gasteiger partial charge in [-0.1, -0.05) is 0 Å². The molecule has 0 radical (unpaired) electrons. The van der Waals surface area contributed by atoms with Crippen molar-refractivity contribution in [2.24, 2.45) is 5.92 Å². The van der Waals surface area contributed by atoms with Gasteiger partial charge < -0.3 is 9.64 Å². The SMILES string of the molecule is Cc1ncc(N2CC[C@@H](Oc3ccc(C(=O)C4CC4)c(F)c3)C2=O)cn1. The molecule has 2 fully saturated rings. The summed E-state index contributed by atoms with van der Waals surface area (Å²) in [6, 6.07) is 4.17. The quantitative estimate of drug-likeness (QED) is 0.771. The van der Waals surface area contributed by atoms with Gasteiger partial charge in [-0.25, -0.2) is 14.4 Å². The Labute approximate surface area is 150 Å². The molecule has 2 aromatic rings. The van der Waals surface area contributed by atoms with Gasteiger partial charge >= 0.3 is 0 Å². The molecule has 0 spiro atoms.